The fourth-order valence-corrected chi connectivity index (χ4v) is 3.95. The Morgan fingerprint density at radius 2 is 1.62 bits per heavy atom. The van der Waals surface area contributed by atoms with E-state index in [1.54, 1.807) is 18.2 Å². The minimum Gasteiger partial charge on any atom is -0.349 e. The Hall–Kier alpha value is -2.04. The molecule has 6 heteroatoms. The Morgan fingerprint density at radius 1 is 1.00 bits per heavy atom. The molecule has 0 atom stereocenters. The number of nitrogens with zero attached hydrogens (tertiary/aromatic N) is 1. The molecule has 0 aliphatic carbocycles. The quantitative estimate of drug-likeness (QED) is 0.712. The molecule has 1 aliphatic heterocycles. The molecule has 0 unspecified atom stereocenters. The molecule has 1 heterocycles. The van der Waals surface area contributed by atoms with E-state index in [9.17, 15) is 9.59 Å². The topological polar surface area (TPSA) is 49.4 Å². The highest BCUT2D eigenvalue weighted by Crippen LogP contribution is 2.24. The molecule has 154 valence electrons. The van der Waals surface area contributed by atoms with Gasteiger partial charge in [-0.2, -0.15) is 0 Å². The van der Waals surface area contributed by atoms with Crippen LogP contribution in [-0.4, -0.2) is 35.8 Å². The first-order valence-electron chi connectivity index (χ1n) is 9.81. The van der Waals surface area contributed by atoms with Gasteiger partial charge in [0, 0.05) is 29.7 Å². The lowest BCUT2D eigenvalue weighted by Crippen LogP contribution is -2.46. The van der Waals surface area contributed by atoms with Crippen molar-refractivity contribution in [3.05, 3.63) is 69.2 Å². The molecule has 4 nitrogen and oxygen atoms in total. The Bertz CT molecular complexity index is 896. The zero-order valence-corrected chi connectivity index (χ0v) is 18.5. The van der Waals surface area contributed by atoms with Crippen LogP contribution in [0.2, 0.25) is 10.0 Å². The Labute approximate surface area is 182 Å². The number of piperidine rings is 1. The maximum absolute atomic E-state index is 12.8. The van der Waals surface area contributed by atoms with Gasteiger partial charge >= 0.3 is 0 Å². The number of hydrogen-bond acceptors (Lipinski definition) is 2. The van der Waals surface area contributed by atoms with Crippen LogP contribution in [0, 0.1) is 0 Å². The predicted molar refractivity (Wildman–Crippen MR) is 118 cm³/mol. The minimum absolute atomic E-state index is 0.0153. The zero-order chi connectivity index (χ0) is 21.2. The third-order valence-electron chi connectivity index (χ3n) is 5.29. The average Bonchev–Trinajstić information content (AvgIpc) is 2.67. The van der Waals surface area contributed by atoms with E-state index in [1.165, 1.54) is 5.56 Å². The van der Waals surface area contributed by atoms with E-state index in [2.05, 4.69) is 26.1 Å². The van der Waals surface area contributed by atoms with Gasteiger partial charge in [-0.15, -0.1) is 0 Å². The van der Waals surface area contributed by atoms with E-state index < -0.39 is 0 Å². The van der Waals surface area contributed by atoms with Gasteiger partial charge in [0.05, 0.1) is 10.6 Å². The fraction of sp³-hybridized carbons (Fsp3) is 0.391. The monoisotopic (exact) mass is 432 g/mol. The number of halogens is 2. The van der Waals surface area contributed by atoms with Crippen molar-refractivity contribution in [1.29, 1.82) is 0 Å². The number of carbonyl (C=O) groups is 2. The summed E-state index contributed by atoms with van der Waals surface area (Å²) in [4.78, 5) is 27.1. The van der Waals surface area contributed by atoms with E-state index in [4.69, 9.17) is 23.2 Å². The molecular weight excluding hydrogens is 407 g/mol. The van der Waals surface area contributed by atoms with Crippen LogP contribution >= 0.6 is 23.2 Å². The highest BCUT2D eigenvalue weighted by atomic mass is 35.5. The second-order valence-corrected chi connectivity index (χ2v) is 9.34. The standard InChI is InChI=1S/C23H26Cl2N2O2/c1-23(2,3)16-6-4-15(5-7-16)22(29)27-12-10-18(11-13-27)26-21(28)19-9-8-17(24)14-20(19)25/h4-9,14,18H,10-13H2,1-3H3,(H,26,28). The molecule has 2 aromatic carbocycles. The summed E-state index contributed by atoms with van der Waals surface area (Å²) >= 11 is 12.0. The van der Waals surface area contributed by atoms with Gasteiger partial charge in [0.1, 0.15) is 0 Å². The van der Waals surface area contributed by atoms with Crippen LogP contribution < -0.4 is 5.32 Å². The number of nitrogens with one attached hydrogen (secondary N) is 1. The smallest absolute Gasteiger partial charge is 0.253 e. The average molecular weight is 433 g/mol. The van der Waals surface area contributed by atoms with Crippen molar-refractivity contribution < 1.29 is 9.59 Å². The molecule has 0 saturated carbocycles. The third-order valence-corrected chi connectivity index (χ3v) is 5.84. The highest BCUT2D eigenvalue weighted by molar-refractivity contribution is 6.36. The molecule has 0 aromatic heterocycles. The molecule has 0 bridgehead atoms. The van der Waals surface area contributed by atoms with Crippen molar-refractivity contribution in [2.24, 2.45) is 0 Å². The van der Waals surface area contributed by atoms with E-state index >= 15 is 0 Å². The van der Waals surface area contributed by atoms with Gasteiger partial charge < -0.3 is 10.2 Å². The van der Waals surface area contributed by atoms with Crippen LogP contribution in [0.5, 0.6) is 0 Å². The van der Waals surface area contributed by atoms with E-state index in [0.717, 1.165) is 0 Å². The largest absolute Gasteiger partial charge is 0.349 e. The van der Waals surface area contributed by atoms with Crippen LogP contribution in [0.3, 0.4) is 0 Å². The molecule has 1 N–H and O–H groups in total. The first-order chi connectivity index (χ1) is 13.6. The summed E-state index contributed by atoms with van der Waals surface area (Å²) in [6.07, 6.45) is 1.42. The van der Waals surface area contributed by atoms with Crippen molar-refractivity contribution in [2.45, 2.75) is 45.1 Å². The summed E-state index contributed by atoms with van der Waals surface area (Å²) in [5.74, 6) is -0.176. The van der Waals surface area contributed by atoms with E-state index in [-0.39, 0.29) is 23.3 Å². The normalized spacial score (nSPS) is 15.3. The van der Waals surface area contributed by atoms with Crippen molar-refractivity contribution in [3.63, 3.8) is 0 Å². The highest BCUT2D eigenvalue weighted by Gasteiger charge is 2.25. The molecular formula is C23H26Cl2N2O2. The van der Waals surface area contributed by atoms with Crippen molar-refractivity contribution in [1.82, 2.24) is 10.2 Å². The molecule has 2 amide bonds. The van der Waals surface area contributed by atoms with Crippen LogP contribution in [0.1, 0.15) is 59.9 Å². The Kier molecular flexibility index (Phi) is 6.55. The van der Waals surface area contributed by atoms with Gasteiger partial charge in [-0.3, -0.25) is 9.59 Å². The lowest BCUT2D eigenvalue weighted by molar-refractivity contribution is 0.0698. The van der Waals surface area contributed by atoms with Gasteiger partial charge in [-0.05, 0) is 54.2 Å². The lowest BCUT2D eigenvalue weighted by Gasteiger charge is -2.32. The number of rotatable bonds is 3. The number of benzene rings is 2. The summed E-state index contributed by atoms with van der Waals surface area (Å²) in [6, 6.07) is 12.7. The number of likely N-dealkylation sites (tertiary alicyclic amines) is 1. The van der Waals surface area contributed by atoms with Gasteiger partial charge in [0.15, 0.2) is 0 Å². The summed E-state index contributed by atoms with van der Waals surface area (Å²) in [7, 11) is 0. The molecule has 2 aromatic rings. The number of amides is 2. The molecule has 1 saturated heterocycles. The van der Waals surface area contributed by atoms with Gasteiger partial charge in [0.2, 0.25) is 0 Å². The summed E-state index contributed by atoms with van der Waals surface area (Å²) in [5.41, 5.74) is 2.38. The van der Waals surface area contributed by atoms with E-state index in [1.807, 2.05) is 29.2 Å². The van der Waals surface area contributed by atoms with Crippen LogP contribution in [-0.2, 0) is 5.41 Å². The second-order valence-electron chi connectivity index (χ2n) is 8.49. The summed E-state index contributed by atoms with van der Waals surface area (Å²) in [5, 5.41) is 3.84. The molecule has 3 rings (SSSR count). The zero-order valence-electron chi connectivity index (χ0n) is 17.0. The molecule has 1 fully saturated rings. The predicted octanol–water partition coefficient (Wildman–Crippen LogP) is 5.33. The van der Waals surface area contributed by atoms with Crippen LogP contribution in [0.25, 0.3) is 0 Å². The van der Waals surface area contributed by atoms with Crippen molar-refractivity contribution in [2.75, 3.05) is 13.1 Å². The number of carbonyl (C=O) groups excluding carboxylic acids is 2. The Balaban J connectivity index is 1.56. The van der Waals surface area contributed by atoms with Crippen LogP contribution in [0.15, 0.2) is 42.5 Å². The van der Waals surface area contributed by atoms with E-state index in [0.29, 0.717) is 47.1 Å². The molecule has 0 radical (unpaired) electrons. The van der Waals surface area contributed by atoms with Gasteiger partial charge in [-0.25, -0.2) is 0 Å². The maximum atomic E-state index is 12.8. The summed E-state index contributed by atoms with van der Waals surface area (Å²) < 4.78 is 0. The molecule has 0 spiro atoms. The third kappa shape index (κ3) is 5.31. The van der Waals surface area contributed by atoms with Crippen molar-refractivity contribution in [3.8, 4) is 0 Å². The Morgan fingerprint density at radius 3 is 2.17 bits per heavy atom. The fourth-order valence-electron chi connectivity index (χ4n) is 3.46. The lowest BCUT2D eigenvalue weighted by atomic mass is 9.86. The van der Waals surface area contributed by atoms with Crippen molar-refractivity contribution >= 4 is 35.0 Å². The number of hydrogen-bond donors (Lipinski definition) is 1. The SMILES string of the molecule is CC(C)(C)c1ccc(C(=O)N2CCC(NC(=O)c3ccc(Cl)cc3Cl)CC2)cc1. The van der Waals surface area contributed by atoms with Gasteiger partial charge in [-0.1, -0.05) is 56.1 Å². The van der Waals surface area contributed by atoms with Crippen LogP contribution in [0.4, 0.5) is 0 Å². The molecule has 29 heavy (non-hydrogen) atoms. The first kappa shape index (κ1) is 21.7. The maximum Gasteiger partial charge on any atom is 0.253 e. The second kappa shape index (κ2) is 8.76. The van der Waals surface area contributed by atoms with Gasteiger partial charge in [0.25, 0.3) is 11.8 Å². The summed E-state index contributed by atoms with van der Waals surface area (Å²) in [6.45, 7) is 7.68. The minimum atomic E-state index is -0.214. The first-order valence-corrected chi connectivity index (χ1v) is 10.6. The molecule has 1 aliphatic rings.